The minimum absolute atomic E-state index is 0.235. The van der Waals surface area contributed by atoms with Gasteiger partial charge in [0, 0.05) is 0 Å². The molecule has 0 saturated heterocycles. The molecule has 12 heteroatoms. The van der Waals surface area contributed by atoms with Gasteiger partial charge in [0.05, 0.1) is 5.69 Å². The van der Waals surface area contributed by atoms with Gasteiger partial charge in [-0.1, -0.05) is 18.2 Å². The second-order valence-electron chi connectivity index (χ2n) is 2.60. The predicted molar refractivity (Wildman–Crippen MR) is 79.3 cm³/mol. The molecule has 1 aromatic carbocycles. The second kappa shape index (κ2) is 8.98. The van der Waals surface area contributed by atoms with Gasteiger partial charge in [-0.25, -0.2) is 4.44 Å². The van der Waals surface area contributed by atoms with E-state index in [1.807, 2.05) is 0 Å². The van der Waals surface area contributed by atoms with Crippen molar-refractivity contribution >= 4 is 82.0 Å². The van der Waals surface area contributed by atoms with Crippen LogP contribution in [-0.2, 0) is 24.3 Å². The van der Waals surface area contributed by atoms with Gasteiger partial charge in [-0.05, 0) is 57.1 Å². The molecule has 0 atom stereocenters. The van der Waals surface area contributed by atoms with Gasteiger partial charge >= 0.3 is 46.5 Å². The fraction of sp³-hybridized carbons (Fsp3) is 0. The summed E-state index contributed by atoms with van der Waals surface area (Å²) < 4.78 is 23.6. The van der Waals surface area contributed by atoms with Gasteiger partial charge in [-0.3, -0.25) is 9.13 Å². The molecule has 0 N–H and O–H groups in total. The number of hydrogen-bond acceptors (Lipinski definition) is 2. The van der Waals surface area contributed by atoms with Crippen molar-refractivity contribution in [2.45, 2.75) is 0 Å². The molecule has 0 aliphatic rings. The van der Waals surface area contributed by atoms with Gasteiger partial charge in [-0.15, -0.1) is 0 Å². The number of rotatable bonds is 3. The monoisotopic (exact) mass is 459 g/mol. The number of para-hydroxylation sites is 1. The fourth-order valence-corrected chi connectivity index (χ4v) is 8.45. The Morgan fingerprint density at radius 2 is 1.22 bits per heavy atom. The van der Waals surface area contributed by atoms with Crippen LogP contribution in [-0.4, -0.2) is 0 Å². The Morgan fingerprint density at radius 1 is 0.889 bits per heavy atom. The molecule has 0 aliphatic heterocycles. The average molecular weight is 463 g/mol. The van der Waals surface area contributed by atoms with Crippen LogP contribution in [0, 0.1) is 0 Å². The van der Waals surface area contributed by atoms with Crippen LogP contribution in [0.2, 0.25) is 0 Å². The molecule has 0 aliphatic carbocycles. The van der Waals surface area contributed by atoms with Crippen molar-refractivity contribution in [2.24, 2.45) is 0 Å². The van der Waals surface area contributed by atoms with E-state index in [0.29, 0.717) is 4.44 Å². The van der Waals surface area contributed by atoms with Crippen LogP contribution in [0.4, 0.5) is 5.69 Å². The van der Waals surface area contributed by atoms with Crippen molar-refractivity contribution in [3.63, 3.8) is 0 Å². The van der Waals surface area contributed by atoms with Crippen molar-refractivity contribution in [3.8, 4) is 0 Å². The summed E-state index contributed by atoms with van der Waals surface area (Å²) in [6.07, 6.45) is 0. The van der Waals surface area contributed by atoms with Crippen LogP contribution < -0.4 is 4.44 Å². The van der Waals surface area contributed by atoms with E-state index in [4.69, 9.17) is 64.3 Å². The third-order valence-electron chi connectivity index (χ3n) is 1.43. The van der Waals surface area contributed by atoms with Gasteiger partial charge < -0.3 is 0 Å². The van der Waals surface area contributed by atoms with Crippen molar-refractivity contribution in [1.29, 1.82) is 0 Å². The molecule has 3 nitrogen and oxygen atoms in total. The van der Waals surface area contributed by atoms with Gasteiger partial charge in [0.15, 0.2) is 0 Å². The van der Waals surface area contributed by atoms with E-state index in [0.717, 1.165) is 0 Å². The summed E-state index contributed by atoms with van der Waals surface area (Å²) in [4.78, 5) is 0. The Hall–Kier alpha value is 1.84. The molecule has 1 aromatic rings. The molecule has 0 unspecified atom stereocenters. The van der Waals surface area contributed by atoms with Crippen LogP contribution in [0.5, 0.6) is 0 Å². The maximum atomic E-state index is 11.5. The summed E-state index contributed by atoms with van der Waals surface area (Å²) in [7, 11) is 9.90. The van der Waals surface area contributed by atoms with E-state index in [2.05, 4.69) is 0 Å². The molecule has 1 rings (SSSR count). The van der Waals surface area contributed by atoms with Crippen molar-refractivity contribution in [3.05, 3.63) is 30.3 Å². The van der Waals surface area contributed by atoms with E-state index < -0.39 is 27.1 Å². The quantitative estimate of drug-likeness (QED) is 0.357. The zero-order chi connectivity index (χ0) is 14.4. The molecule has 0 amide bonds. The van der Waals surface area contributed by atoms with E-state index in [-0.39, 0.29) is 5.69 Å². The topological polar surface area (TPSA) is 37.4 Å². The zero-order valence-corrected chi connectivity index (χ0v) is 17.8. The molecule has 0 aromatic heterocycles. The predicted octanol–water partition coefficient (Wildman–Crippen LogP) is 7.04. The standard InChI is InChI=1S/C6H5Cl4NO2P2.2ClH.Zn/c7-14(8,12)11(15(9,10)13)6-4-2-1-3-5-6;;;/h1-5H;2*1H;/q;;;+2/p-2. The first kappa shape index (κ1) is 19.8. The summed E-state index contributed by atoms with van der Waals surface area (Å²) >= 11 is 20.8. The molecule has 0 saturated carbocycles. The van der Waals surface area contributed by atoms with E-state index in [9.17, 15) is 9.13 Å². The molecular formula is C6H5Cl6NO2P2Zn. The Labute approximate surface area is 140 Å². The second-order valence-corrected chi connectivity index (χ2v) is 16.6. The molecule has 0 spiro atoms. The summed E-state index contributed by atoms with van der Waals surface area (Å²) in [5.74, 6) is -7.74. The number of anilines is 1. The third-order valence-corrected chi connectivity index (χ3v) is 7.36. The van der Waals surface area contributed by atoms with Crippen LogP contribution >= 0.6 is 76.3 Å². The minimum atomic E-state index is -3.87. The fourth-order valence-electron chi connectivity index (χ4n) is 0.951. The molecule has 0 radical (unpaired) electrons. The first-order chi connectivity index (χ1) is 8.14. The first-order valence-electron chi connectivity index (χ1n) is 4.11. The van der Waals surface area contributed by atoms with Crippen molar-refractivity contribution in [2.75, 3.05) is 4.44 Å². The first-order valence-corrected chi connectivity index (χ1v) is 18.8. The maximum absolute atomic E-state index is 11.5. The number of nitrogens with zero attached hydrogens (tertiary/aromatic N) is 1. The van der Waals surface area contributed by atoms with Crippen LogP contribution in [0.1, 0.15) is 0 Å². The van der Waals surface area contributed by atoms with Gasteiger partial charge in [0.25, 0.3) is 0 Å². The number of benzene rings is 1. The third kappa shape index (κ3) is 7.58. The van der Waals surface area contributed by atoms with Crippen LogP contribution in [0.3, 0.4) is 0 Å². The van der Waals surface area contributed by atoms with E-state index in [1.54, 1.807) is 18.2 Å². The Morgan fingerprint density at radius 3 is 1.50 bits per heavy atom. The number of hydrogen-bond donors (Lipinski definition) is 0. The summed E-state index contributed by atoms with van der Waals surface area (Å²) in [6.45, 7) is 0. The van der Waals surface area contributed by atoms with Gasteiger partial charge in [-0.2, -0.15) is 0 Å². The van der Waals surface area contributed by atoms with E-state index in [1.165, 1.54) is 12.1 Å². The van der Waals surface area contributed by atoms with E-state index >= 15 is 0 Å². The van der Waals surface area contributed by atoms with Crippen molar-refractivity contribution < 1.29 is 24.3 Å². The Balaban J connectivity index is 0.000000873. The summed E-state index contributed by atoms with van der Waals surface area (Å²) in [5, 5.41) is 0. The molecule has 100 valence electrons. The van der Waals surface area contributed by atoms with Gasteiger partial charge in [0.2, 0.25) is 0 Å². The zero-order valence-electron chi connectivity index (χ0n) is 8.52. The van der Waals surface area contributed by atoms with Gasteiger partial charge in [0.1, 0.15) is 0 Å². The summed E-state index contributed by atoms with van der Waals surface area (Å²) in [6, 6.07) is 7.94. The molecule has 0 bridgehead atoms. The number of halogens is 6. The molecule has 0 heterocycles. The summed E-state index contributed by atoms with van der Waals surface area (Å²) in [5.41, 5.74) is 0.235. The van der Waals surface area contributed by atoms with Crippen LogP contribution in [0.15, 0.2) is 30.3 Å². The molecule has 0 fully saturated rings. The average Bonchev–Trinajstić information content (AvgIpc) is 2.15. The van der Waals surface area contributed by atoms with Crippen LogP contribution in [0.25, 0.3) is 0 Å². The Bertz CT molecular complexity index is 429. The SMILES string of the molecule is O=P(Cl)(Cl)N(c1ccccc1)P(=O)(Cl)Cl.[Cl][Zn][Cl]. The molecular weight excluding hydrogens is 458 g/mol. The Kier molecular flexibility index (Phi) is 9.90. The van der Waals surface area contributed by atoms with Crippen molar-refractivity contribution in [1.82, 2.24) is 0 Å². The molecule has 18 heavy (non-hydrogen) atoms. The normalized spacial score (nSPS) is 11.0.